The molecular formula is C15H29NO. The van der Waals surface area contributed by atoms with Gasteiger partial charge in [-0.1, -0.05) is 52.4 Å². The molecule has 0 aromatic heterocycles. The van der Waals surface area contributed by atoms with Crippen molar-refractivity contribution >= 4 is 5.91 Å². The molecule has 100 valence electrons. The van der Waals surface area contributed by atoms with E-state index < -0.39 is 0 Å². The van der Waals surface area contributed by atoms with E-state index in [0.717, 1.165) is 13.0 Å². The highest BCUT2D eigenvalue weighted by Gasteiger charge is 2.31. The van der Waals surface area contributed by atoms with E-state index in [1.807, 2.05) is 0 Å². The Morgan fingerprint density at radius 2 is 1.82 bits per heavy atom. The van der Waals surface area contributed by atoms with Crippen LogP contribution >= 0.6 is 0 Å². The van der Waals surface area contributed by atoms with E-state index in [1.165, 1.54) is 51.4 Å². The van der Waals surface area contributed by atoms with Crippen molar-refractivity contribution < 1.29 is 4.79 Å². The Morgan fingerprint density at radius 3 is 2.41 bits per heavy atom. The van der Waals surface area contributed by atoms with Crippen LogP contribution in [0, 0.1) is 11.8 Å². The van der Waals surface area contributed by atoms with Crippen LogP contribution in [0.15, 0.2) is 0 Å². The highest BCUT2D eigenvalue weighted by molar-refractivity contribution is 5.80. The molecule has 0 bridgehead atoms. The lowest BCUT2D eigenvalue weighted by Gasteiger charge is -2.21. The van der Waals surface area contributed by atoms with Gasteiger partial charge in [0.25, 0.3) is 0 Å². The van der Waals surface area contributed by atoms with E-state index in [2.05, 4.69) is 19.2 Å². The lowest BCUT2D eigenvalue weighted by molar-refractivity contribution is -0.124. The molecule has 1 rings (SSSR count). The topological polar surface area (TPSA) is 29.1 Å². The van der Waals surface area contributed by atoms with Crippen molar-refractivity contribution in [2.24, 2.45) is 11.8 Å². The molecule has 0 aromatic carbocycles. The van der Waals surface area contributed by atoms with Crippen LogP contribution in [-0.2, 0) is 4.79 Å². The molecule has 1 amide bonds. The average molecular weight is 239 g/mol. The van der Waals surface area contributed by atoms with Crippen molar-refractivity contribution in [3.05, 3.63) is 0 Å². The zero-order valence-electron chi connectivity index (χ0n) is 11.6. The minimum absolute atomic E-state index is 0.321. The Kier molecular flexibility index (Phi) is 7.30. The summed E-state index contributed by atoms with van der Waals surface area (Å²) >= 11 is 0. The summed E-state index contributed by atoms with van der Waals surface area (Å²) in [6.45, 7) is 5.39. The summed E-state index contributed by atoms with van der Waals surface area (Å²) in [5.41, 5.74) is 0. The molecule has 1 heterocycles. The molecule has 1 aliphatic heterocycles. The molecule has 1 N–H and O–H groups in total. The van der Waals surface area contributed by atoms with Gasteiger partial charge in [0.15, 0.2) is 0 Å². The SMILES string of the molecule is CCCCCCC(CCCC)C1CCNC1=O. The molecule has 0 saturated carbocycles. The summed E-state index contributed by atoms with van der Waals surface area (Å²) in [4.78, 5) is 11.8. The molecule has 2 atom stereocenters. The predicted molar refractivity (Wildman–Crippen MR) is 72.9 cm³/mol. The van der Waals surface area contributed by atoms with Crippen LogP contribution in [0.2, 0.25) is 0 Å². The molecule has 1 fully saturated rings. The van der Waals surface area contributed by atoms with Crippen molar-refractivity contribution in [3.63, 3.8) is 0 Å². The van der Waals surface area contributed by atoms with Gasteiger partial charge in [-0.2, -0.15) is 0 Å². The normalized spacial score (nSPS) is 21.5. The quantitative estimate of drug-likeness (QED) is 0.607. The van der Waals surface area contributed by atoms with Crippen molar-refractivity contribution in [1.29, 1.82) is 0 Å². The van der Waals surface area contributed by atoms with Gasteiger partial charge in [0.05, 0.1) is 0 Å². The fourth-order valence-corrected chi connectivity index (χ4v) is 2.91. The highest BCUT2D eigenvalue weighted by atomic mass is 16.2. The zero-order valence-corrected chi connectivity index (χ0v) is 11.6. The van der Waals surface area contributed by atoms with Crippen LogP contribution in [0.1, 0.15) is 71.6 Å². The Hall–Kier alpha value is -0.530. The molecule has 17 heavy (non-hydrogen) atoms. The molecule has 2 unspecified atom stereocenters. The molecule has 0 aliphatic carbocycles. The molecule has 0 aromatic rings. The van der Waals surface area contributed by atoms with Crippen LogP contribution in [0.3, 0.4) is 0 Å². The summed E-state index contributed by atoms with van der Waals surface area (Å²) in [5.74, 6) is 1.29. The third kappa shape index (κ3) is 5.10. The van der Waals surface area contributed by atoms with Gasteiger partial charge in [-0.3, -0.25) is 4.79 Å². The molecule has 1 saturated heterocycles. The fourth-order valence-electron chi connectivity index (χ4n) is 2.91. The van der Waals surface area contributed by atoms with Gasteiger partial charge < -0.3 is 5.32 Å². The van der Waals surface area contributed by atoms with Crippen LogP contribution in [0.25, 0.3) is 0 Å². The van der Waals surface area contributed by atoms with Crippen molar-refractivity contribution in [2.45, 2.75) is 71.6 Å². The molecule has 1 aliphatic rings. The molecule has 2 heteroatoms. The summed E-state index contributed by atoms with van der Waals surface area (Å²) in [6.07, 6.45) is 11.4. The molecule has 2 nitrogen and oxygen atoms in total. The standard InChI is InChI=1S/C15H29NO/c1-3-5-7-8-10-13(9-6-4-2)14-11-12-16-15(14)17/h13-14H,3-12H2,1-2H3,(H,16,17). The van der Waals surface area contributed by atoms with Crippen LogP contribution in [0.4, 0.5) is 0 Å². The van der Waals surface area contributed by atoms with Gasteiger partial charge in [0, 0.05) is 12.5 Å². The minimum atomic E-state index is 0.321. The zero-order chi connectivity index (χ0) is 12.5. The van der Waals surface area contributed by atoms with Crippen molar-refractivity contribution in [3.8, 4) is 0 Å². The van der Waals surface area contributed by atoms with Crippen LogP contribution in [0.5, 0.6) is 0 Å². The summed E-state index contributed by atoms with van der Waals surface area (Å²) in [6, 6.07) is 0. The second kappa shape index (κ2) is 8.54. The van der Waals surface area contributed by atoms with Gasteiger partial charge >= 0.3 is 0 Å². The van der Waals surface area contributed by atoms with Crippen LogP contribution in [-0.4, -0.2) is 12.5 Å². The van der Waals surface area contributed by atoms with E-state index in [-0.39, 0.29) is 0 Å². The van der Waals surface area contributed by atoms with Gasteiger partial charge in [-0.15, -0.1) is 0 Å². The maximum Gasteiger partial charge on any atom is 0.223 e. The van der Waals surface area contributed by atoms with Gasteiger partial charge in [-0.25, -0.2) is 0 Å². The van der Waals surface area contributed by atoms with E-state index >= 15 is 0 Å². The first-order valence-electron chi connectivity index (χ1n) is 7.57. The Morgan fingerprint density at radius 1 is 1.12 bits per heavy atom. The number of carbonyl (C=O) groups is 1. The van der Waals surface area contributed by atoms with E-state index in [4.69, 9.17) is 0 Å². The second-order valence-electron chi connectivity index (χ2n) is 5.44. The number of hydrogen-bond donors (Lipinski definition) is 1. The number of nitrogens with one attached hydrogen (secondary N) is 1. The maximum absolute atomic E-state index is 11.8. The van der Waals surface area contributed by atoms with Gasteiger partial charge in [0.1, 0.15) is 0 Å². The first-order valence-corrected chi connectivity index (χ1v) is 7.57. The largest absolute Gasteiger partial charge is 0.356 e. The third-order valence-electron chi connectivity index (χ3n) is 4.02. The monoisotopic (exact) mass is 239 g/mol. The average Bonchev–Trinajstić information content (AvgIpc) is 2.75. The van der Waals surface area contributed by atoms with Crippen LogP contribution < -0.4 is 5.32 Å². The van der Waals surface area contributed by atoms with E-state index in [9.17, 15) is 4.79 Å². The second-order valence-corrected chi connectivity index (χ2v) is 5.44. The van der Waals surface area contributed by atoms with Crippen molar-refractivity contribution in [1.82, 2.24) is 5.32 Å². The first kappa shape index (κ1) is 14.5. The molecular weight excluding hydrogens is 210 g/mol. The minimum Gasteiger partial charge on any atom is -0.356 e. The lowest BCUT2D eigenvalue weighted by Crippen LogP contribution is -2.25. The first-order chi connectivity index (χ1) is 8.29. The summed E-state index contributed by atoms with van der Waals surface area (Å²) < 4.78 is 0. The third-order valence-corrected chi connectivity index (χ3v) is 4.02. The fraction of sp³-hybridized carbons (Fsp3) is 0.933. The van der Waals surface area contributed by atoms with E-state index in [1.54, 1.807) is 0 Å². The number of amides is 1. The number of unbranched alkanes of at least 4 members (excludes halogenated alkanes) is 4. The Bertz CT molecular complexity index is 215. The summed E-state index contributed by atoms with van der Waals surface area (Å²) in [5, 5.41) is 2.99. The highest BCUT2D eigenvalue weighted by Crippen LogP contribution is 2.29. The van der Waals surface area contributed by atoms with E-state index in [0.29, 0.717) is 17.7 Å². The number of hydrogen-bond acceptors (Lipinski definition) is 1. The maximum atomic E-state index is 11.8. The lowest BCUT2D eigenvalue weighted by atomic mass is 9.83. The molecule has 0 spiro atoms. The molecule has 0 radical (unpaired) electrons. The van der Waals surface area contributed by atoms with Gasteiger partial charge in [0.2, 0.25) is 5.91 Å². The van der Waals surface area contributed by atoms with Gasteiger partial charge in [-0.05, 0) is 25.2 Å². The Balaban J connectivity index is 2.33. The van der Waals surface area contributed by atoms with Crippen molar-refractivity contribution in [2.75, 3.05) is 6.54 Å². The summed E-state index contributed by atoms with van der Waals surface area (Å²) in [7, 11) is 0. The smallest absolute Gasteiger partial charge is 0.223 e. The number of rotatable bonds is 9. The Labute approximate surface area is 107 Å². The number of carbonyl (C=O) groups excluding carboxylic acids is 1. The predicted octanol–water partition coefficient (Wildman–Crippen LogP) is 3.90.